The predicted octanol–water partition coefficient (Wildman–Crippen LogP) is 5.08. The van der Waals surface area contributed by atoms with Crippen LogP contribution in [-0.4, -0.2) is 103 Å². The molecular formula is C54H87NaO13. The van der Waals surface area contributed by atoms with Gasteiger partial charge in [-0.05, 0) is 120 Å². The monoisotopic (exact) mass is 967 g/mol. The Morgan fingerprint density at radius 3 is 2.16 bits per heavy atom. The van der Waals surface area contributed by atoms with E-state index in [-0.39, 0.29) is 76.8 Å². The number of carboxylic acid groups (broad SMARTS) is 1. The molecule has 0 amide bonds. The van der Waals surface area contributed by atoms with Gasteiger partial charge >= 0.3 is 29.6 Å². The number of carbonyl (C=O) groups excluding carboxylic acids is 2. The fourth-order valence-corrected chi connectivity index (χ4v) is 12.0. The number of hydrogen-bond acceptors (Lipinski definition) is 13. The van der Waals surface area contributed by atoms with Crippen LogP contribution in [0.4, 0.5) is 0 Å². The van der Waals surface area contributed by atoms with E-state index in [1.54, 1.807) is 31.2 Å². The minimum absolute atomic E-state index is 0. The van der Waals surface area contributed by atoms with Gasteiger partial charge in [-0.1, -0.05) is 87.6 Å². The quantitative estimate of drug-likeness (QED) is 0.0787. The van der Waals surface area contributed by atoms with E-state index in [9.17, 15) is 35.1 Å². The minimum atomic E-state index is -1.37. The molecule has 5 aliphatic heterocycles. The Labute approximate surface area is 429 Å². The van der Waals surface area contributed by atoms with Gasteiger partial charge in [0.25, 0.3) is 0 Å². The number of phenolic OH excluding ortho intramolecular Hbond substituents is 2. The number of aromatic hydroxyl groups is 2. The number of rotatable bonds is 17. The van der Waals surface area contributed by atoms with Crippen molar-refractivity contribution in [2.45, 2.75) is 238 Å². The number of ether oxygens (including phenoxy) is 5. The van der Waals surface area contributed by atoms with Crippen LogP contribution in [0, 0.1) is 41.4 Å². The number of unbranched alkanes of at least 4 members (excludes halogenated alkanes) is 3. The van der Waals surface area contributed by atoms with Gasteiger partial charge in [0.2, 0.25) is 5.79 Å². The number of aliphatic carboxylic acids is 1. The van der Waals surface area contributed by atoms with Gasteiger partial charge in [-0.15, -0.1) is 0 Å². The van der Waals surface area contributed by atoms with Crippen molar-refractivity contribution in [2.24, 2.45) is 41.4 Å². The molecule has 14 heteroatoms. The van der Waals surface area contributed by atoms with Crippen molar-refractivity contribution in [3.63, 3.8) is 0 Å². The molecule has 5 aliphatic rings. The molecule has 0 saturated carbocycles. The van der Waals surface area contributed by atoms with E-state index >= 15 is 0 Å². The summed E-state index contributed by atoms with van der Waals surface area (Å²) in [7, 11) is 0. The van der Waals surface area contributed by atoms with Crippen molar-refractivity contribution < 1.29 is 93.5 Å². The van der Waals surface area contributed by atoms with Crippen LogP contribution in [0.25, 0.3) is 0 Å². The summed E-state index contributed by atoms with van der Waals surface area (Å²) in [5, 5.41) is 64.6. The molecule has 382 valence electrons. The van der Waals surface area contributed by atoms with E-state index in [4.69, 9.17) is 28.8 Å². The largest absolute Gasteiger partial charge is 1.00 e. The van der Waals surface area contributed by atoms with Crippen LogP contribution < -0.4 is 34.7 Å². The van der Waals surface area contributed by atoms with Crippen molar-refractivity contribution >= 4 is 11.8 Å². The second-order valence-corrected chi connectivity index (χ2v) is 21.5. The fraction of sp³-hybridized carbons (Fsp3) is 0.815. The Kier molecular flexibility index (Phi) is 21.6. The summed E-state index contributed by atoms with van der Waals surface area (Å²) in [6.07, 6.45) is 10.9. The summed E-state index contributed by atoms with van der Waals surface area (Å²) >= 11 is 0. The number of phenols is 2. The Balaban J connectivity index is 0.000000576. The van der Waals surface area contributed by atoms with E-state index in [0.29, 0.717) is 57.8 Å². The molecule has 4 fully saturated rings. The molecule has 68 heavy (non-hydrogen) atoms. The molecule has 0 bridgehead atoms. The maximum Gasteiger partial charge on any atom is 1.00 e. The number of benzene rings is 1. The molecular weight excluding hydrogens is 880 g/mol. The zero-order valence-corrected chi connectivity index (χ0v) is 45.6. The zero-order valence-electron chi connectivity index (χ0n) is 43.6. The summed E-state index contributed by atoms with van der Waals surface area (Å²) in [5.74, 6) is -5.90. The van der Waals surface area contributed by atoms with Gasteiger partial charge in [-0.25, -0.2) is 0 Å². The van der Waals surface area contributed by atoms with Gasteiger partial charge in [0, 0.05) is 48.0 Å². The third-order valence-corrected chi connectivity index (χ3v) is 16.8. The van der Waals surface area contributed by atoms with Crippen molar-refractivity contribution in [3.8, 4) is 11.5 Å². The van der Waals surface area contributed by atoms with Crippen molar-refractivity contribution in [1.29, 1.82) is 0 Å². The second-order valence-electron chi connectivity index (χ2n) is 21.5. The molecule has 0 radical (unpaired) electrons. The summed E-state index contributed by atoms with van der Waals surface area (Å²) in [6.45, 7) is 21.7. The van der Waals surface area contributed by atoms with E-state index in [2.05, 4.69) is 27.7 Å². The van der Waals surface area contributed by atoms with Crippen LogP contribution in [0.15, 0.2) is 30.4 Å². The van der Waals surface area contributed by atoms with Crippen LogP contribution in [0.2, 0.25) is 0 Å². The van der Waals surface area contributed by atoms with E-state index in [0.717, 1.165) is 24.8 Å². The van der Waals surface area contributed by atoms with Gasteiger partial charge in [0.05, 0.1) is 47.8 Å². The summed E-state index contributed by atoms with van der Waals surface area (Å²) in [4.78, 5) is 26.2. The number of aryl methyl sites for hydroxylation is 1. The maximum absolute atomic E-state index is 14.4. The SMILES string of the molecule is CCC(C(=O)[O-])C1CCC(C)C(C(C)C(O)C(C)C(=O)C(CC)C2OC3(C=CC(O)C4(CCC(C)(C5CCC(O)(CC)C(C)O5)O4)O3)C(C)CC2C)O1.CCCCCCc1ccc(O)cc1O.[Na+]. The van der Waals surface area contributed by atoms with Gasteiger partial charge in [0.15, 0.2) is 5.79 Å². The van der Waals surface area contributed by atoms with E-state index < -0.39 is 82.9 Å². The van der Waals surface area contributed by atoms with Gasteiger partial charge in [-0.2, -0.15) is 0 Å². The topological polar surface area (TPSA) is 204 Å². The van der Waals surface area contributed by atoms with E-state index in [1.807, 2.05) is 41.5 Å². The Morgan fingerprint density at radius 2 is 1.56 bits per heavy atom. The predicted molar refractivity (Wildman–Crippen MR) is 254 cm³/mol. The first-order chi connectivity index (χ1) is 31.5. The Morgan fingerprint density at radius 1 is 0.868 bits per heavy atom. The molecule has 6 rings (SSSR count). The zero-order chi connectivity index (χ0) is 49.6. The van der Waals surface area contributed by atoms with Crippen molar-refractivity contribution in [2.75, 3.05) is 0 Å². The first-order valence-electron chi connectivity index (χ1n) is 26.0. The number of hydrogen-bond donors (Lipinski definition) is 5. The molecule has 5 N–H and O–H groups in total. The molecule has 5 heterocycles. The van der Waals surface area contributed by atoms with Crippen molar-refractivity contribution in [3.05, 3.63) is 35.9 Å². The van der Waals surface area contributed by atoms with Crippen LogP contribution in [-0.2, 0) is 39.7 Å². The first-order valence-corrected chi connectivity index (χ1v) is 26.0. The number of carboxylic acids is 1. The van der Waals surface area contributed by atoms with Crippen LogP contribution in [0.5, 0.6) is 11.5 Å². The van der Waals surface area contributed by atoms with Crippen LogP contribution in [0.3, 0.4) is 0 Å². The van der Waals surface area contributed by atoms with Crippen LogP contribution in [0.1, 0.15) is 172 Å². The van der Waals surface area contributed by atoms with Crippen molar-refractivity contribution in [1.82, 2.24) is 0 Å². The molecule has 0 aromatic heterocycles. The second kappa shape index (κ2) is 24.9. The molecule has 0 aliphatic carbocycles. The minimum Gasteiger partial charge on any atom is -0.550 e. The first kappa shape index (κ1) is 58.9. The molecule has 1 aromatic carbocycles. The van der Waals surface area contributed by atoms with Gasteiger partial charge < -0.3 is 59.1 Å². The third kappa shape index (κ3) is 12.9. The number of Topliss-reactive ketones (excluding diaryl/α,β-unsaturated/α-hetero) is 1. The summed E-state index contributed by atoms with van der Waals surface area (Å²) in [6, 6.07) is 4.81. The number of aliphatic hydroxyl groups excluding tert-OH is 2. The normalized spacial score (nSPS) is 38.1. The average Bonchev–Trinajstić information content (AvgIpc) is 3.64. The van der Waals surface area contributed by atoms with Crippen LogP contribution >= 0.6 is 0 Å². The summed E-state index contributed by atoms with van der Waals surface area (Å²) < 4.78 is 33.4. The third-order valence-electron chi connectivity index (χ3n) is 16.8. The van der Waals surface area contributed by atoms with Gasteiger partial charge in [0.1, 0.15) is 23.4 Å². The maximum atomic E-state index is 14.4. The van der Waals surface area contributed by atoms with Gasteiger partial charge in [-0.3, -0.25) is 4.79 Å². The smallest absolute Gasteiger partial charge is 0.550 e. The molecule has 2 spiro atoms. The Bertz CT molecular complexity index is 1810. The molecule has 13 nitrogen and oxygen atoms in total. The van der Waals surface area contributed by atoms with E-state index in [1.165, 1.54) is 25.3 Å². The Hall–Kier alpha value is -1.62. The molecule has 18 unspecified atom stereocenters. The number of aliphatic hydroxyl groups is 3. The average molecular weight is 967 g/mol. The molecule has 18 atom stereocenters. The summed E-state index contributed by atoms with van der Waals surface area (Å²) in [5.41, 5.74) is -0.706. The molecule has 4 saturated heterocycles. The fourth-order valence-electron chi connectivity index (χ4n) is 12.0. The standard InChI is InChI=1S/C42H70O11.C12H18O2.Na/c1-11-29(38(46)47)31-15-14-23(4)36(50-31)27(8)34(44)26(7)35(45)30(12-2)37-24(5)22-25(6)41(51-37)19-16-32(43)42(53-41)21-20-39(10,52-42)33-17-18-40(48,13-3)28(9)49-33;1-2-3-4-5-6-10-7-8-11(13)9-12(10)14;/h16,19,23-34,36-37,43-44,48H,11-15,17-18,20-22H2,1-10H3,(H,46,47);7-9,13-14H,2-6H2,1H3;/q;;+1/p-1. The number of ketones is 1. The number of carbonyl (C=O) groups is 2. The molecule has 1 aromatic rings.